The van der Waals surface area contributed by atoms with Gasteiger partial charge >= 0.3 is 0 Å². The molecule has 2 N–H and O–H groups in total. The average molecular weight is 285 g/mol. The maximum absolute atomic E-state index is 11.8. The molecule has 0 saturated heterocycles. The Balaban J connectivity index is 1.69. The van der Waals surface area contributed by atoms with Crippen molar-refractivity contribution in [1.29, 1.82) is 0 Å². The minimum Gasteiger partial charge on any atom is -0.476 e. The highest BCUT2D eigenvalue weighted by molar-refractivity contribution is 6.30. The summed E-state index contributed by atoms with van der Waals surface area (Å²) in [5, 5.41) is 13.3. The summed E-state index contributed by atoms with van der Waals surface area (Å²) < 4.78 is 5.34. The third-order valence-electron chi connectivity index (χ3n) is 3.19. The van der Waals surface area contributed by atoms with Crippen LogP contribution >= 0.6 is 11.6 Å². The molecule has 1 aromatic rings. The van der Waals surface area contributed by atoms with E-state index in [4.69, 9.17) is 16.3 Å². The molecule has 1 saturated carbocycles. The Kier molecular flexibility index (Phi) is 4.61. The molecule has 0 aliphatic heterocycles. The average Bonchev–Trinajstić information content (AvgIpc) is 2.85. The molecule has 1 amide bonds. The van der Waals surface area contributed by atoms with Crippen molar-refractivity contribution in [2.75, 3.05) is 13.2 Å². The van der Waals surface area contributed by atoms with Crippen LogP contribution in [0.3, 0.4) is 0 Å². The lowest BCUT2D eigenvalue weighted by molar-refractivity contribution is -0.139. The molecule has 1 fully saturated rings. The first-order valence-electron chi connectivity index (χ1n) is 6.35. The van der Waals surface area contributed by atoms with E-state index in [1.807, 2.05) is 0 Å². The number of hydrogen-bond donors (Lipinski definition) is 2. The number of nitrogens with one attached hydrogen (secondary N) is 1. The van der Waals surface area contributed by atoms with Crippen molar-refractivity contribution in [2.24, 2.45) is 0 Å². The van der Waals surface area contributed by atoms with E-state index in [0.717, 1.165) is 12.8 Å². The van der Waals surface area contributed by atoms with Gasteiger partial charge in [-0.2, -0.15) is 0 Å². The standard InChI is InChI=1S/C13H17ClN2O3/c14-10-3-4-11(16-9-10)19-8-7-15-12(17)13(18)5-1-2-6-13/h3-4,9,18H,1-2,5-8H2,(H,15,17). The van der Waals surface area contributed by atoms with Crippen molar-refractivity contribution in [2.45, 2.75) is 31.3 Å². The van der Waals surface area contributed by atoms with Gasteiger partial charge in [-0.15, -0.1) is 0 Å². The van der Waals surface area contributed by atoms with E-state index in [1.165, 1.54) is 6.20 Å². The van der Waals surface area contributed by atoms with Gasteiger partial charge in [-0.05, 0) is 31.7 Å². The molecule has 1 aromatic heterocycles. The predicted molar refractivity (Wildman–Crippen MR) is 71.2 cm³/mol. The SMILES string of the molecule is O=C(NCCOc1ccc(Cl)cn1)C1(O)CCCC1. The summed E-state index contributed by atoms with van der Waals surface area (Å²) in [4.78, 5) is 15.7. The fourth-order valence-corrected chi connectivity index (χ4v) is 2.23. The van der Waals surface area contributed by atoms with Crippen molar-refractivity contribution in [3.05, 3.63) is 23.4 Å². The van der Waals surface area contributed by atoms with E-state index in [0.29, 0.717) is 36.9 Å². The van der Waals surface area contributed by atoms with Crippen molar-refractivity contribution in [3.8, 4) is 5.88 Å². The van der Waals surface area contributed by atoms with E-state index in [9.17, 15) is 9.90 Å². The molecular weight excluding hydrogens is 268 g/mol. The smallest absolute Gasteiger partial charge is 0.252 e. The van der Waals surface area contributed by atoms with Gasteiger partial charge in [0.05, 0.1) is 11.6 Å². The lowest BCUT2D eigenvalue weighted by Crippen LogP contribution is -2.45. The maximum atomic E-state index is 11.8. The fourth-order valence-electron chi connectivity index (χ4n) is 2.12. The zero-order valence-electron chi connectivity index (χ0n) is 10.6. The first kappa shape index (κ1) is 14.1. The van der Waals surface area contributed by atoms with Gasteiger partial charge < -0.3 is 15.2 Å². The second-order valence-corrected chi connectivity index (χ2v) is 5.09. The number of ether oxygens (including phenoxy) is 1. The van der Waals surface area contributed by atoms with Crippen LogP contribution in [-0.4, -0.2) is 34.8 Å². The summed E-state index contributed by atoms with van der Waals surface area (Å²) in [7, 11) is 0. The van der Waals surface area contributed by atoms with Crippen LogP contribution in [0.1, 0.15) is 25.7 Å². The van der Waals surface area contributed by atoms with E-state index in [-0.39, 0.29) is 5.91 Å². The number of hydrogen-bond acceptors (Lipinski definition) is 4. The van der Waals surface area contributed by atoms with Gasteiger partial charge in [0.1, 0.15) is 12.2 Å². The highest BCUT2D eigenvalue weighted by Gasteiger charge is 2.38. The summed E-state index contributed by atoms with van der Waals surface area (Å²) in [6.45, 7) is 0.641. The second kappa shape index (κ2) is 6.21. The monoisotopic (exact) mass is 284 g/mol. The zero-order valence-corrected chi connectivity index (χ0v) is 11.3. The van der Waals surface area contributed by atoms with Gasteiger partial charge in [0.25, 0.3) is 5.91 Å². The molecule has 0 atom stereocenters. The molecule has 0 spiro atoms. The van der Waals surface area contributed by atoms with Gasteiger partial charge in [0, 0.05) is 12.3 Å². The predicted octanol–water partition coefficient (Wildman–Crippen LogP) is 1.54. The number of nitrogens with zero attached hydrogens (tertiary/aromatic N) is 1. The van der Waals surface area contributed by atoms with Crippen LogP contribution < -0.4 is 10.1 Å². The van der Waals surface area contributed by atoms with Crippen molar-refractivity contribution < 1.29 is 14.6 Å². The first-order chi connectivity index (χ1) is 9.10. The number of amides is 1. The minimum absolute atomic E-state index is 0.302. The number of aromatic nitrogens is 1. The number of halogens is 1. The Morgan fingerprint density at radius 3 is 2.84 bits per heavy atom. The van der Waals surface area contributed by atoms with Crippen molar-refractivity contribution >= 4 is 17.5 Å². The molecule has 0 bridgehead atoms. The Labute approximate surface area is 116 Å². The normalized spacial score (nSPS) is 17.2. The van der Waals surface area contributed by atoms with Gasteiger partial charge in [-0.25, -0.2) is 4.98 Å². The van der Waals surface area contributed by atoms with Gasteiger partial charge in [0.2, 0.25) is 5.88 Å². The van der Waals surface area contributed by atoms with Gasteiger partial charge in [-0.3, -0.25) is 4.79 Å². The lowest BCUT2D eigenvalue weighted by atomic mass is 10.0. The lowest BCUT2D eigenvalue weighted by Gasteiger charge is -2.20. The fraction of sp³-hybridized carbons (Fsp3) is 0.538. The van der Waals surface area contributed by atoms with Crippen LogP contribution in [0, 0.1) is 0 Å². The Morgan fingerprint density at radius 2 is 2.21 bits per heavy atom. The van der Waals surface area contributed by atoms with E-state index < -0.39 is 5.60 Å². The molecular formula is C13H17ClN2O3. The molecule has 0 unspecified atom stereocenters. The summed E-state index contributed by atoms with van der Waals surface area (Å²) in [5.41, 5.74) is -1.18. The van der Waals surface area contributed by atoms with Crippen LogP contribution in [-0.2, 0) is 4.79 Å². The molecule has 1 aliphatic carbocycles. The highest BCUT2D eigenvalue weighted by Crippen LogP contribution is 2.29. The number of carbonyl (C=O) groups excluding carboxylic acids is 1. The number of carbonyl (C=O) groups is 1. The quantitative estimate of drug-likeness (QED) is 0.805. The molecule has 6 heteroatoms. The molecule has 0 aromatic carbocycles. The summed E-state index contributed by atoms with van der Waals surface area (Å²) in [6, 6.07) is 3.35. The van der Waals surface area contributed by atoms with E-state index in [2.05, 4.69) is 10.3 Å². The Morgan fingerprint density at radius 1 is 1.47 bits per heavy atom. The van der Waals surface area contributed by atoms with Crippen LogP contribution in [0.5, 0.6) is 5.88 Å². The summed E-state index contributed by atoms with van der Waals surface area (Å²) in [6.07, 6.45) is 4.37. The highest BCUT2D eigenvalue weighted by atomic mass is 35.5. The van der Waals surface area contributed by atoms with E-state index >= 15 is 0 Å². The number of aliphatic hydroxyl groups is 1. The zero-order chi connectivity index (χ0) is 13.7. The van der Waals surface area contributed by atoms with Crippen LogP contribution in [0.15, 0.2) is 18.3 Å². The molecule has 1 aliphatic rings. The molecule has 19 heavy (non-hydrogen) atoms. The number of pyridine rings is 1. The maximum Gasteiger partial charge on any atom is 0.252 e. The molecule has 1 heterocycles. The Bertz CT molecular complexity index is 430. The van der Waals surface area contributed by atoms with E-state index in [1.54, 1.807) is 12.1 Å². The van der Waals surface area contributed by atoms with Crippen molar-refractivity contribution in [1.82, 2.24) is 10.3 Å². The summed E-state index contributed by atoms with van der Waals surface area (Å²) >= 11 is 5.70. The third-order valence-corrected chi connectivity index (χ3v) is 3.41. The van der Waals surface area contributed by atoms with Crippen LogP contribution in [0.4, 0.5) is 0 Å². The first-order valence-corrected chi connectivity index (χ1v) is 6.73. The largest absolute Gasteiger partial charge is 0.476 e. The molecule has 104 valence electrons. The molecule has 5 nitrogen and oxygen atoms in total. The third kappa shape index (κ3) is 3.81. The van der Waals surface area contributed by atoms with Crippen LogP contribution in [0.2, 0.25) is 5.02 Å². The topological polar surface area (TPSA) is 71.5 Å². The summed E-state index contributed by atoms with van der Waals surface area (Å²) in [5.74, 6) is 0.149. The minimum atomic E-state index is -1.18. The van der Waals surface area contributed by atoms with Gasteiger partial charge in [-0.1, -0.05) is 11.6 Å². The van der Waals surface area contributed by atoms with Gasteiger partial charge in [0.15, 0.2) is 0 Å². The second-order valence-electron chi connectivity index (χ2n) is 4.66. The van der Waals surface area contributed by atoms with Crippen LogP contribution in [0.25, 0.3) is 0 Å². The van der Waals surface area contributed by atoms with Crippen molar-refractivity contribution in [3.63, 3.8) is 0 Å². The molecule has 0 radical (unpaired) electrons. The number of rotatable bonds is 5. The molecule has 2 rings (SSSR count). The Hall–Kier alpha value is -1.33.